The molecule has 3 amide bonds. The molecule has 1 aliphatic carbocycles. The van der Waals surface area contributed by atoms with Crippen molar-refractivity contribution in [3.05, 3.63) is 76.3 Å². The van der Waals surface area contributed by atoms with Crippen molar-refractivity contribution < 1.29 is 27.9 Å². The van der Waals surface area contributed by atoms with Crippen LogP contribution in [0.5, 0.6) is 0 Å². The minimum atomic E-state index is -1.33. The van der Waals surface area contributed by atoms with E-state index in [1.54, 1.807) is 0 Å². The van der Waals surface area contributed by atoms with Gasteiger partial charge in [0, 0.05) is 24.9 Å². The molecule has 222 valence electrons. The van der Waals surface area contributed by atoms with Crippen molar-refractivity contribution in [3.63, 3.8) is 0 Å². The zero-order valence-corrected chi connectivity index (χ0v) is 23.8. The summed E-state index contributed by atoms with van der Waals surface area (Å²) in [6.45, 7) is 0.799. The number of nitrogens with two attached hydrogens (primary N) is 1. The van der Waals surface area contributed by atoms with Crippen LogP contribution in [-0.2, 0) is 9.53 Å². The molecule has 2 heterocycles. The number of benzene rings is 2. The minimum Gasteiger partial charge on any atom is -0.395 e. The Bertz CT molecular complexity index is 1420. The monoisotopic (exact) mass is 597 g/mol. The number of ether oxygens (including phenoxy) is 1. The molecule has 3 aromatic rings. The number of rotatable bonds is 9. The third-order valence-corrected chi connectivity index (χ3v) is 8.45. The lowest BCUT2D eigenvalue weighted by atomic mass is 9.95. The van der Waals surface area contributed by atoms with E-state index < -0.39 is 35.4 Å². The second-order valence-electron chi connectivity index (χ2n) is 10.6. The summed E-state index contributed by atoms with van der Waals surface area (Å²) in [6.07, 6.45) is 6.34. The Hall–Kier alpha value is -3.90. The van der Waals surface area contributed by atoms with Gasteiger partial charge in [-0.2, -0.15) is 4.37 Å². The standard InChI is InChI=1S/C30H33F2N5O4S/c31-19-13-11-18(12-14-19)26(29(39)34-17-23-10-5-15-41-23)37(22-9-4-6-20(32)16-22)30(40)27-24(33)25(36-42-27)28(38)35-21-7-2-1-3-8-21/h4,6,9,11-14,16,21,23,26H,1-3,5,7-8,10,15,17,33H2,(H,34,39)(H,35,38)/t23-,26-/m0/s1. The summed E-state index contributed by atoms with van der Waals surface area (Å²) in [5, 5.41) is 5.79. The first-order valence-electron chi connectivity index (χ1n) is 14.1. The average Bonchev–Trinajstić information content (AvgIpc) is 3.65. The van der Waals surface area contributed by atoms with Gasteiger partial charge in [0.05, 0.1) is 11.8 Å². The molecule has 2 aliphatic rings. The van der Waals surface area contributed by atoms with Gasteiger partial charge in [0.25, 0.3) is 11.8 Å². The van der Waals surface area contributed by atoms with E-state index in [0.29, 0.717) is 6.61 Å². The van der Waals surface area contributed by atoms with Crippen molar-refractivity contribution in [2.45, 2.75) is 63.1 Å². The Morgan fingerprint density at radius 3 is 2.48 bits per heavy atom. The zero-order chi connectivity index (χ0) is 29.6. The van der Waals surface area contributed by atoms with Crippen LogP contribution in [0.4, 0.5) is 20.2 Å². The summed E-state index contributed by atoms with van der Waals surface area (Å²) in [6, 6.07) is 9.05. The van der Waals surface area contributed by atoms with Crippen LogP contribution in [0, 0.1) is 11.6 Å². The molecule has 1 saturated carbocycles. The first-order valence-corrected chi connectivity index (χ1v) is 14.9. The molecule has 9 nitrogen and oxygen atoms in total. The molecule has 1 aliphatic heterocycles. The molecule has 0 unspecified atom stereocenters. The third-order valence-electron chi connectivity index (χ3n) is 7.60. The Kier molecular flexibility index (Phi) is 9.43. The molecular weight excluding hydrogens is 564 g/mol. The van der Waals surface area contributed by atoms with Gasteiger partial charge >= 0.3 is 0 Å². The lowest BCUT2D eigenvalue weighted by molar-refractivity contribution is -0.123. The highest BCUT2D eigenvalue weighted by Crippen LogP contribution is 2.34. The number of hydrogen-bond donors (Lipinski definition) is 3. The molecule has 2 fully saturated rings. The fraction of sp³-hybridized carbons (Fsp3) is 0.400. The summed E-state index contributed by atoms with van der Waals surface area (Å²) < 4.78 is 38.2. The highest BCUT2D eigenvalue weighted by molar-refractivity contribution is 7.09. The topological polar surface area (TPSA) is 127 Å². The highest BCUT2D eigenvalue weighted by Gasteiger charge is 2.37. The summed E-state index contributed by atoms with van der Waals surface area (Å²) in [5.41, 5.74) is 6.49. The molecular formula is C30H33F2N5O4S. The van der Waals surface area contributed by atoms with Crippen molar-refractivity contribution in [2.75, 3.05) is 23.8 Å². The van der Waals surface area contributed by atoms with E-state index >= 15 is 0 Å². The minimum absolute atomic E-state index is 0.00527. The van der Waals surface area contributed by atoms with Gasteiger partial charge in [-0.25, -0.2) is 8.78 Å². The van der Waals surface area contributed by atoms with Crippen LogP contribution in [-0.4, -0.2) is 47.4 Å². The van der Waals surface area contributed by atoms with Crippen LogP contribution in [0.15, 0.2) is 48.5 Å². The number of halogens is 2. The SMILES string of the molecule is Nc1c(C(=O)NC2CCCCC2)nsc1C(=O)N(c1cccc(F)c1)[C@H](C(=O)NC[C@@H]1CCCO1)c1ccc(F)cc1. The smallest absolute Gasteiger partial charge is 0.273 e. The van der Waals surface area contributed by atoms with Gasteiger partial charge in [-0.05, 0) is 73.1 Å². The number of nitrogen functional groups attached to an aromatic ring is 1. The maximum absolute atomic E-state index is 14.5. The van der Waals surface area contributed by atoms with Gasteiger partial charge in [0.15, 0.2) is 5.69 Å². The molecule has 5 rings (SSSR count). The molecule has 1 aromatic heterocycles. The van der Waals surface area contributed by atoms with Crippen LogP contribution in [0.25, 0.3) is 0 Å². The molecule has 1 saturated heterocycles. The fourth-order valence-corrected chi connectivity index (χ4v) is 6.15. The molecule has 42 heavy (non-hydrogen) atoms. The second-order valence-corrected chi connectivity index (χ2v) is 11.3. The van der Waals surface area contributed by atoms with Gasteiger partial charge in [-0.1, -0.05) is 37.5 Å². The number of nitrogens with zero attached hydrogens (tertiary/aromatic N) is 2. The third kappa shape index (κ3) is 6.76. The highest BCUT2D eigenvalue weighted by atomic mass is 32.1. The largest absolute Gasteiger partial charge is 0.395 e. The van der Waals surface area contributed by atoms with E-state index in [-0.39, 0.29) is 46.2 Å². The molecule has 0 bridgehead atoms. The zero-order valence-electron chi connectivity index (χ0n) is 23.0. The first-order chi connectivity index (χ1) is 20.3. The number of anilines is 2. The van der Waals surface area contributed by atoms with E-state index in [9.17, 15) is 23.2 Å². The van der Waals surface area contributed by atoms with E-state index in [0.717, 1.165) is 67.4 Å². The van der Waals surface area contributed by atoms with E-state index in [1.165, 1.54) is 42.5 Å². The second kappa shape index (κ2) is 13.4. The Morgan fingerprint density at radius 1 is 1.02 bits per heavy atom. The summed E-state index contributed by atoms with van der Waals surface area (Å²) in [5.74, 6) is -2.97. The van der Waals surface area contributed by atoms with Gasteiger partial charge in [0.2, 0.25) is 5.91 Å². The van der Waals surface area contributed by atoms with Crippen LogP contribution in [0.3, 0.4) is 0 Å². The number of carbonyl (C=O) groups is 3. The van der Waals surface area contributed by atoms with Crippen molar-refractivity contribution in [1.82, 2.24) is 15.0 Å². The average molecular weight is 598 g/mol. The molecule has 0 spiro atoms. The quantitative estimate of drug-likeness (QED) is 0.327. The molecule has 2 atom stereocenters. The predicted molar refractivity (Wildman–Crippen MR) is 155 cm³/mol. The lowest BCUT2D eigenvalue weighted by Crippen LogP contribution is -2.45. The Balaban J connectivity index is 1.50. The number of carbonyl (C=O) groups excluding carboxylic acids is 3. The summed E-state index contributed by atoms with van der Waals surface area (Å²) in [7, 11) is 0. The van der Waals surface area contributed by atoms with Gasteiger partial charge in [-0.3, -0.25) is 19.3 Å². The van der Waals surface area contributed by atoms with Gasteiger partial charge < -0.3 is 21.1 Å². The fourth-order valence-electron chi connectivity index (χ4n) is 5.41. The van der Waals surface area contributed by atoms with Crippen LogP contribution >= 0.6 is 11.5 Å². The molecule has 2 aromatic carbocycles. The Morgan fingerprint density at radius 2 is 1.79 bits per heavy atom. The van der Waals surface area contributed by atoms with Crippen LogP contribution in [0.2, 0.25) is 0 Å². The number of hydrogen-bond acceptors (Lipinski definition) is 7. The van der Waals surface area contributed by atoms with E-state index in [1.807, 2.05) is 0 Å². The van der Waals surface area contributed by atoms with E-state index in [2.05, 4.69) is 15.0 Å². The molecule has 0 radical (unpaired) electrons. The van der Waals surface area contributed by atoms with Crippen LogP contribution in [0.1, 0.15) is 76.7 Å². The molecule has 4 N–H and O–H groups in total. The normalized spacial score (nSPS) is 17.9. The van der Waals surface area contributed by atoms with Gasteiger partial charge in [-0.15, -0.1) is 0 Å². The van der Waals surface area contributed by atoms with E-state index in [4.69, 9.17) is 10.5 Å². The van der Waals surface area contributed by atoms with Crippen molar-refractivity contribution in [2.24, 2.45) is 0 Å². The Labute approximate surface area is 246 Å². The summed E-state index contributed by atoms with van der Waals surface area (Å²) in [4.78, 5) is 42.1. The summed E-state index contributed by atoms with van der Waals surface area (Å²) >= 11 is 0.730. The van der Waals surface area contributed by atoms with Crippen LogP contribution < -0.4 is 21.3 Å². The van der Waals surface area contributed by atoms with Crippen molar-refractivity contribution >= 4 is 40.6 Å². The lowest BCUT2D eigenvalue weighted by Gasteiger charge is -2.31. The predicted octanol–water partition coefficient (Wildman–Crippen LogP) is 4.75. The molecule has 12 heteroatoms. The number of amides is 3. The first kappa shape index (κ1) is 29.6. The van der Waals surface area contributed by atoms with Gasteiger partial charge in [0.1, 0.15) is 22.6 Å². The van der Waals surface area contributed by atoms with Crippen molar-refractivity contribution in [1.29, 1.82) is 0 Å². The maximum atomic E-state index is 14.5. The maximum Gasteiger partial charge on any atom is 0.273 e. The van der Waals surface area contributed by atoms with Crippen molar-refractivity contribution in [3.8, 4) is 0 Å². The number of nitrogens with one attached hydrogen (secondary N) is 2. The number of aromatic nitrogens is 1.